The molecule has 0 N–H and O–H groups in total. The van der Waals surface area contributed by atoms with Crippen molar-refractivity contribution in [2.24, 2.45) is 0 Å². The van der Waals surface area contributed by atoms with Crippen LogP contribution in [0.1, 0.15) is 17.0 Å². The van der Waals surface area contributed by atoms with E-state index < -0.39 is 0 Å². The van der Waals surface area contributed by atoms with E-state index >= 15 is 0 Å². The number of imidazole rings is 2. The van der Waals surface area contributed by atoms with E-state index in [0.717, 1.165) is 43.8 Å². The van der Waals surface area contributed by atoms with Gasteiger partial charge in [0.1, 0.15) is 11.0 Å². The van der Waals surface area contributed by atoms with Crippen molar-refractivity contribution in [3.8, 4) is 0 Å². The highest BCUT2D eigenvalue weighted by Crippen LogP contribution is 2.43. The number of fused-ring (bicyclic) bond motifs is 8. The second-order valence-corrected chi connectivity index (χ2v) is 9.83. The van der Waals surface area contributed by atoms with Gasteiger partial charge in [-0.15, -0.1) is 0 Å². The van der Waals surface area contributed by atoms with Gasteiger partial charge in [0, 0.05) is 22.2 Å². The summed E-state index contributed by atoms with van der Waals surface area (Å²) in [6.07, 6.45) is 3.75. The van der Waals surface area contributed by atoms with Crippen molar-refractivity contribution in [2.75, 3.05) is 0 Å². The van der Waals surface area contributed by atoms with Crippen LogP contribution in [0, 0.1) is 20.8 Å². The van der Waals surface area contributed by atoms with Gasteiger partial charge >= 0.3 is 6.98 Å². The number of hydrogen-bond donors (Lipinski definition) is 0. The smallest absolute Gasteiger partial charge is 0.338 e. The molecule has 9 heteroatoms. The van der Waals surface area contributed by atoms with E-state index in [1.807, 2.05) is 26.2 Å². The molecule has 0 unspecified atom stereocenters. The molecule has 2 aliphatic rings. The van der Waals surface area contributed by atoms with Gasteiger partial charge in [0.15, 0.2) is 10.3 Å². The molecule has 0 bridgehead atoms. The van der Waals surface area contributed by atoms with Crippen molar-refractivity contribution < 1.29 is 0 Å². The van der Waals surface area contributed by atoms with Crippen LogP contribution in [0.3, 0.4) is 0 Å². The molecule has 144 valence electrons. The minimum absolute atomic E-state index is 0.0262. The second kappa shape index (κ2) is 5.68. The number of aryl methyl sites for hydroxylation is 3. The molecule has 30 heavy (non-hydrogen) atoms. The molecular weight excluding hydrogens is 411 g/mol. The molecule has 0 radical (unpaired) electrons. The Bertz CT molecular complexity index is 1440. The Morgan fingerprint density at radius 3 is 1.77 bits per heavy atom. The monoisotopic (exact) mass is 426 g/mol. The summed E-state index contributed by atoms with van der Waals surface area (Å²) in [7, 11) is 0. The van der Waals surface area contributed by atoms with Crippen LogP contribution in [0.2, 0.25) is 0 Å². The zero-order valence-corrected chi connectivity index (χ0v) is 18.2. The molecule has 0 saturated heterocycles. The van der Waals surface area contributed by atoms with Gasteiger partial charge in [-0.3, -0.25) is 9.97 Å². The van der Waals surface area contributed by atoms with Crippen LogP contribution in [-0.4, -0.2) is 35.9 Å². The lowest BCUT2D eigenvalue weighted by Gasteiger charge is -2.32. The van der Waals surface area contributed by atoms with Crippen molar-refractivity contribution in [3.05, 3.63) is 53.6 Å². The van der Waals surface area contributed by atoms with Crippen LogP contribution in [0.15, 0.2) is 56.8 Å². The summed E-state index contributed by atoms with van der Waals surface area (Å²) in [5.74, 6) is 0. The maximum atomic E-state index is 5.00. The average Bonchev–Trinajstić information content (AvgIpc) is 3.27. The fourth-order valence-corrected chi connectivity index (χ4v) is 7.07. The van der Waals surface area contributed by atoms with Gasteiger partial charge in [0.05, 0.1) is 22.4 Å². The maximum Gasteiger partial charge on any atom is 0.426 e. The van der Waals surface area contributed by atoms with Gasteiger partial charge in [-0.25, -0.2) is 9.97 Å². The number of aromatic nitrogens is 6. The number of hydrogen-bond acceptors (Lipinski definition) is 6. The lowest BCUT2D eigenvalue weighted by atomic mass is 9.66. The molecule has 0 spiro atoms. The molecule has 6 nitrogen and oxygen atoms in total. The first kappa shape index (κ1) is 17.0. The Hall–Kier alpha value is -2.78. The van der Waals surface area contributed by atoms with Crippen LogP contribution < -0.4 is 5.46 Å². The quantitative estimate of drug-likeness (QED) is 0.344. The Balaban J connectivity index is 1.66. The summed E-state index contributed by atoms with van der Waals surface area (Å²) in [5, 5.41) is 2.00. The second-order valence-electron chi connectivity index (χ2n) is 7.81. The van der Waals surface area contributed by atoms with Crippen LogP contribution in [0.25, 0.3) is 22.1 Å². The summed E-state index contributed by atoms with van der Waals surface area (Å²) in [5.41, 5.74) is 8.65. The van der Waals surface area contributed by atoms with E-state index in [9.17, 15) is 0 Å². The molecule has 0 amide bonds. The molecule has 0 aliphatic carbocycles. The molecule has 7 rings (SSSR count). The van der Waals surface area contributed by atoms with Crippen molar-refractivity contribution >= 4 is 58.0 Å². The number of benzene rings is 1. The van der Waals surface area contributed by atoms with Crippen LogP contribution >= 0.6 is 23.5 Å². The summed E-state index contributed by atoms with van der Waals surface area (Å²) in [4.78, 5) is 21.5. The number of pyridine rings is 2. The molecular formula is C21H15BN6S2. The van der Waals surface area contributed by atoms with Crippen LogP contribution in [0.4, 0.5) is 0 Å². The van der Waals surface area contributed by atoms with Gasteiger partial charge in [0.2, 0.25) is 0 Å². The van der Waals surface area contributed by atoms with Crippen LogP contribution in [0.5, 0.6) is 0 Å². The minimum atomic E-state index is -0.0262. The topological polar surface area (TPSA) is 61.4 Å². The van der Waals surface area contributed by atoms with Crippen LogP contribution in [-0.2, 0) is 0 Å². The zero-order chi connectivity index (χ0) is 20.1. The molecule has 2 aliphatic heterocycles. The van der Waals surface area contributed by atoms with Crippen molar-refractivity contribution in [1.82, 2.24) is 28.9 Å². The average molecular weight is 426 g/mol. The number of rotatable bonds is 0. The van der Waals surface area contributed by atoms with Crippen molar-refractivity contribution in [1.29, 1.82) is 0 Å². The largest absolute Gasteiger partial charge is 0.426 e. The number of nitrogens with zero attached hydrogens (tertiary/aromatic N) is 6. The third-order valence-corrected chi connectivity index (χ3v) is 7.97. The standard InChI is InChI=1S/C21H15BN6S2/c1-10-8-15-17-16(9-10)30-21-26-19-12(3)24-7-5-14(19)28(21)22(17)27-13-4-6-23-11(2)18(13)25-20(27)29-15/h4-9H,1-3H3. The van der Waals surface area contributed by atoms with Gasteiger partial charge in [-0.1, -0.05) is 23.5 Å². The Labute approximate surface area is 181 Å². The van der Waals surface area contributed by atoms with E-state index in [1.54, 1.807) is 23.5 Å². The van der Waals surface area contributed by atoms with Gasteiger partial charge < -0.3 is 8.96 Å². The summed E-state index contributed by atoms with van der Waals surface area (Å²) in [6, 6.07) is 8.71. The summed E-state index contributed by atoms with van der Waals surface area (Å²) in [6.45, 7) is 6.18. The predicted molar refractivity (Wildman–Crippen MR) is 120 cm³/mol. The SMILES string of the molecule is Cc1cc2c3c(c1)Sc1nc4c(C)nccc4n1B3n1c(nc3c(C)nccc31)S2. The molecule has 1 aromatic carbocycles. The lowest BCUT2D eigenvalue weighted by molar-refractivity contribution is 0.887. The Morgan fingerprint density at radius 1 is 0.767 bits per heavy atom. The molecule has 4 aromatic heterocycles. The first-order valence-corrected chi connectivity index (χ1v) is 11.4. The summed E-state index contributed by atoms with van der Waals surface area (Å²) < 4.78 is 4.71. The van der Waals surface area contributed by atoms with Gasteiger partial charge in [-0.05, 0) is 56.1 Å². The van der Waals surface area contributed by atoms with E-state index in [1.165, 1.54) is 20.8 Å². The zero-order valence-electron chi connectivity index (χ0n) is 16.5. The highest BCUT2D eigenvalue weighted by molar-refractivity contribution is 8.00. The molecule has 5 aromatic rings. The molecule has 0 saturated carbocycles. The van der Waals surface area contributed by atoms with E-state index in [-0.39, 0.29) is 6.98 Å². The minimum Gasteiger partial charge on any atom is -0.338 e. The highest BCUT2D eigenvalue weighted by Gasteiger charge is 2.42. The fraction of sp³-hybridized carbons (Fsp3) is 0.143. The third kappa shape index (κ3) is 2.04. The lowest BCUT2D eigenvalue weighted by Crippen LogP contribution is -2.51. The Kier molecular flexibility index (Phi) is 3.21. The molecule has 0 fully saturated rings. The normalized spacial score (nSPS) is 14.2. The van der Waals surface area contributed by atoms with Crippen molar-refractivity contribution in [2.45, 2.75) is 40.9 Å². The van der Waals surface area contributed by atoms with Crippen molar-refractivity contribution in [3.63, 3.8) is 0 Å². The highest BCUT2D eigenvalue weighted by atomic mass is 32.2. The molecule has 6 heterocycles. The first-order chi connectivity index (χ1) is 14.6. The van der Waals surface area contributed by atoms with E-state index in [4.69, 9.17) is 9.97 Å². The van der Waals surface area contributed by atoms with E-state index in [2.05, 4.69) is 50.1 Å². The fourth-order valence-electron chi connectivity index (χ4n) is 4.60. The van der Waals surface area contributed by atoms with Gasteiger partial charge in [-0.2, -0.15) is 0 Å². The maximum absolute atomic E-state index is 5.00. The third-order valence-electron chi connectivity index (χ3n) is 5.92. The predicted octanol–water partition coefficient (Wildman–Crippen LogP) is 3.82. The van der Waals surface area contributed by atoms with Gasteiger partial charge in [0.25, 0.3) is 0 Å². The molecule has 0 atom stereocenters. The summed E-state index contributed by atoms with van der Waals surface area (Å²) >= 11 is 3.50. The van der Waals surface area contributed by atoms with E-state index in [0.29, 0.717) is 0 Å². The first-order valence-electron chi connectivity index (χ1n) is 9.77. The Morgan fingerprint density at radius 2 is 1.27 bits per heavy atom.